The van der Waals surface area contributed by atoms with Crippen molar-refractivity contribution in [2.75, 3.05) is 11.0 Å². The molecule has 5 nitrogen and oxygen atoms in total. The Labute approximate surface area is 157 Å². The first kappa shape index (κ1) is 18.4. The van der Waals surface area contributed by atoms with Crippen LogP contribution in [-0.2, 0) is 23.5 Å². The van der Waals surface area contributed by atoms with Gasteiger partial charge < -0.3 is 4.57 Å². The Hall–Kier alpha value is -2.38. The number of carbonyl (C=O) groups excluding carboxylic acids is 1. The first-order valence-corrected chi connectivity index (χ1v) is 10.8. The highest BCUT2D eigenvalue weighted by Gasteiger charge is 2.19. The van der Waals surface area contributed by atoms with Gasteiger partial charge in [0.05, 0.1) is 16.8 Å². The molecule has 0 saturated heterocycles. The molecule has 2 aromatic heterocycles. The number of nitrogens with zero attached hydrogens (tertiary/aromatic N) is 1. The quantitative estimate of drug-likeness (QED) is 0.656. The number of sulfonamides is 1. The minimum absolute atomic E-state index is 0.0407. The Bertz CT molecular complexity index is 1030. The second-order valence-electron chi connectivity index (χ2n) is 6.28. The van der Waals surface area contributed by atoms with Gasteiger partial charge in [-0.1, -0.05) is 18.2 Å². The van der Waals surface area contributed by atoms with Crippen molar-refractivity contribution in [2.45, 2.75) is 13.3 Å². The lowest BCUT2D eigenvalue weighted by molar-refractivity contribution is 0.103. The molecule has 2 heterocycles. The number of hydrogen-bond donors (Lipinski definition) is 1. The van der Waals surface area contributed by atoms with Crippen molar-refractivity contribution in [1.82, 2.24) is 4.57 Å². The molecule has 0 saturated carbocycles. The van der Waals surface area contributed by atoms with E-state index in [4.69, 9.17) is 0 Å². The zero-order valence-corrected chi connectivity index (χ0v) is 16.4. The second kappa shape index (κ2) is 7.09. The van der Waals surface area contributed by atoms with Crippen LogP contribution in [0.3, 0.4) is 0 Å². The third-order valence-corrected chi connectivity index (χ3v) is 5.60. The van der Waals surface area contributed by atoms with E-state index in [1.807, 2.05) is 54.3 Å². The number of rotatable bonds is 6. The molecule has 0 unspecified atom stereocenters. The Morgan fingerprint density at radius 2 is 1.88 bits per heavy atom. The van der Waals surface area contributed by atoms with Gasteiger partial charge in [0.2, 0.25) is 15.8 Å². The summed E-state index contributed by atoms with van der Waals surface area (Å²) in [6, 6.07) is 13.0. The molecule has 1 aromatic carbocycles. The average Bonchev–Trinajstić information content (AvgIpc) is 3.17. The van der Waals surface area contributed by atoms with Gasteiger partial charge in [0, 0.05) is 24.8 Å². The molecular formula is C19H20N2O3S2. The Morgan fingerprint density at radius 1 is 1.19 bits per heavy atom. The van der Waals surface area contributed by atoms with Crippen molar-refractivity contribution in [1.29, 1.82) is 0 Å². The number of carbonyl (C=O) groups is 1. The molecule has 26 heavy (non-hydrogen) atoms. The molecule has 1 N–H and O–H groups in total. The highest BCUT2D eigenvalue weighted by Crippen LogP contribution is 2.23. The third-order valence-electron chi connectivity index (χ3n) is 4.13. The molecule has 3 aromatic rings. The average molecular weight is 389 g/mol. The largest absolute Gasteiger partial charge is 0.344 e. The predicted molar refractivity (Wildman–Crippen MR) is 106 cm³/mol. The Kier molecular flexibility index (Phi) is 5.02. The van der Waals surface area contributed by atoms with Crippen molar-refractivity contribution >= 4 is 32.8 Å². The smallest absolute Gasteiger partial charge is 0.229 e. The van der Waals surface area contributed by atoms with Crippen LogP contribution in [0.15, 0.2) is 47.8 Å². The van der Waals surface area contributed by atoms with Crippen LogP contribution in [0.2, 0.25) is 0 Å². The van der Waals surface area contributed by atoms with Gasteiger partial charge in [0.1, 0.15) is 0 Å². The first-order chi connectivity index (χ1) is 12.2. The monoisotopic (exact) mass is 388 g/mol. The van der Waals surface area contributed by atoms with E-state index >= 15 is 0 Å². The van der Waals surface area contributed by atoms with Crippen LogP contribution in [0.1, 0.15) is 32.2 Å². The van der Waals surface area contributed by atoms with Crippen LogP contribution in [0.4, 0.5) is 5.69 Å². The normalized spacial score (nSPS) is 11.5. The summed E-state index contributed by atoms with van der Waals surface area (Å²) >= 11 is 1.44. The van der Waals surface area contributed by atoms with Gasteiger partial charge >= 0.3 is 0 Å². The summed E-state index contributed by atoms with van der Waals surface area (Å²) in [4.78, 5) is 13.5. The fourth-order valence-electron chi connectivity index (χ4n) is 2.96. The molecule has 3 rings (SSSR count). The summed E-state index contributed by atoms with van der Waals surface area (Å²) in [7, 11) is -1.37. The van der Waals surface area contributed by atoms with E-state index in [0.717, 1.165) is 28.0 Å². The maximum absolute atomic E-state index is 12.7. The number of aromatic nitrogens is 1. The van der Waals surface area contributed by atoms with Crippen LogP contribution < -0.4 is 4.72 Å². The summed E-state index contributed by atoms with van der Waals surface area (Å²) in [6.07, 6.45) is 1.79. The van der Waals surface area contributed by atoms with Crippen molar-refractivity contribution in [3.63, 3.8) is 0 Å². The SMILES string of the molecule is Cc1cc(Cc2ccc(NS(C)(=O)=O)cc2)n(C)c1C(=O)c1cccs1. The maximum Gasteiger partial charge on any atom is 0.229 e. The van der Waals surface area contributed by atoms with E-state index < -0.39 is 10.0 Å². The van der Waals surface area contributed by atoms with E-state index in [9.17, 15) is 13.2 Å². The Morgan fingerprint density at radius 3 is 2.46 bits per heavy atom. The van der Waals surface area contributed by atoms with Crippen LogP contribution >= 0.6 is 11.3 Å². The molecular weight excluding hydrogens is 368 g/mol. The van der Waals surface area contributed by atoms with Crippen molar-refractivity contribution in [2.24, 2.45) is 7.05 Å². The zero-order valence-electron chi connectivity index (χ0n) is 14.8. The molecule has 0 amide bonds. The van der Waals surface area contributed by atoms with E-state index in [-0.39, 0.29) is 5.78 Å². The molecule has 136 valence electrons. The molecule has 0 aliphatic rings. The fraction of sp³-hybridized carbons (Fsp3) is 0.211. The molecule has 0 aliphatic carbocycles. The number of benzene rings is 1. The number of aryl methyl sites for hydroxylation is 1. The lowest BCUT2D eigenvalue weighted by atomic mass is 10.1. The first-order valence-electron chi connectivity index (χ1n) is 8.05. The lowest BCUT2D eigenvalue weighted by Crippen LogP contribution is -2.10. The zero-order chi connectivity index (χ0) is 18.9. The second-order valence-corrected chi connectivity index (χ2v) is 8.98. The number of nitrogens with one attached hydrogen (secondary N) is 1. The fourth-order valence-corrected chi connectivity index (χ4v) is 4.19. The van der Waals surface area contributed by atoms with Gasteiger partial charge in [-0.15, -0.1) is 11.3 Å². The summed E-state index contributed by atoms with van der Waals surface area (Å²) in [5.74, 6) is 0.0407. The number of hydrogen-bond acceptors (Lipinski definition) is 4. The van der Waals surface area contributed by atoms with Gasteiger partial charge in [0.15, 0.2) is 0 Å². The highest BCUT2D eigenvalue weighted by atomic mass is 32.2. The van der Waals surface area contributed by atoms with Crippen molar-refractivity contribution < 1.29 is 13.2 Å². The number of ketones is 1. The standard InChI is InChI=1S/C19H20N2O3S2/c1-13-11-16(21(2)18(13)19(22)17-5-4-10-25-17)12-14-6-8-15(9-7-14)20-26(3,23)24/h4-11,20H,12H2,1-3H3. The van der Waals surface area contributed by atoms with Crippen LogP contribution in [0.25, 0.3) is 0 Å². The van der Waals surface area contributed by atoms with E-state index in [0.29, 0.717) is 17.8 Å². The van der Waals surface area contributed by atoms with Crippen molar-refractivity contribution in [3.05, 3.63) is 75.2 Å². The van der Waals surface area contributed by atoms with E-state index in [1.165, 1.54) is 11.3 Å². The summed E-state index contributed by atoms with van der Waals surface area (Å²) in [6.45, 7) is 1.95. The molecule has 0 atom stereocenters. The van der Waals surface area contributed by atoms with Gasteiger partial charge in [-0.25, -0.2) is 8.42 Å². The van der Waals surface area contributed by atoms with Gasteiger partial charge in [-0.2, -0.15) is 0 Å². The molecule has 0 fully saturated rings. The van der Waals surface area contributed by atoms with E-state index in [1.54, 1.807) is 12.1 Å². The molecule has 7 heteroatoms. The van der Waals surface area contributed by atoms with Crippen LogP contribution in [-0.4, -0.2) is 25.0 Å². The Balaban J connectivity index is 1.83. The van der Waals surface area contributed by atoms with Gasteiger partial charge in [-0.05, 0) is 47.7 Å². The number of anilines is 1. The number of thiophene rings is 1. The third kappa shape index (κ3) is 4.05. The molecule has 0 spiro atoms. The minimum atomic E-state index is -3.28. The molecule has 0 aliphatic heterocycles. The topological polar surface area (TPSA) is 68.2 Å². The molecule has 0 bridgehead atoms. The summed E-state index contributed by atoms with van der Waals surface area (Å²) in [5, 5.41) is 1.90. The van der Waals surface area contributed by atoms with E-state index in [2.05, 4.69) is 4.72 Å². The maximum atomic E-state index is 12.7. The highest BCUT2D eigenvalue weighted by molar-refractivity contribution is 7.92. The minimum Gasteiger partial charge on any atom is -0.344 e. The van der Waals surface area contributed by atoms with Gasteiger partial charge in [0.25, 0.3) is 0 Å². The lowest BCUT2D eigenvalue weighted by Gasteiger charge is -2.08. The van der Waals surface area contributed by atoms with Gasteiger partial charge in [-0.3, -0.25) is 9.52 Å². The van der Waals surface area contributed by atoms with Crippen LogP contribution in [0.5, 0.6) is 0 Å². The predicted octanol–water partition coefficient (Wildman–Crippen LogP) is 3.59. The van der Waals surface area contributed by atoms with Crippen molar-refractivity contribution in [3.8, 4) is 0 Å². The summed E-state index contributed by atoms with van der Waals surface area (Å²) in [5.41, 5.74) is 4.27. The van der Waals surface area contributed by atoms with Crippen LogP contribution in [0, 0.1) is 6.92 Å². The molecule has 0 radical (unpaired) electrons. The summed E-state index contributed by atoms with van der Waals surface area (Å²) < 4.78 is 26.9.